The predicted octanol–water partition coefficient (Wildman–Crippen LogP) is 4.87. The molecule has 0 bridgehead atoms. The molecule has 0 aliphatic rings. The molecule has 100 valence electrons. The van der Waals surface area contributed by atoms with Crippen molar-refractivity contribution in [3.8, 4) is 11.3 Å². The highest BCUT2D eigenvalue weighted by molar-refractivity contribution is 6.30. The van der Waals surface area contributed by atoms with Crippen LogP contribution < -0.4 is 0 Å². The van der Waals surface area contributed by atoms with Gasteiger partial charge in [-0.15, -0.1) is 0 Å². The lowest BCUT2D eigenvalue weighted by molar-refractivity contribution is 0.849. The molecule has 0 N–H and O–H groups in total. The van der Waals surface area contributed by atoms with E-state index in [-0.39, 0.29) is 0 Å². The smallest absolute Gasteiger partial charge is 0.136 e. The molecule has 1 aromatic carbocycles. The van der Waals surface area contributed by atoms with Gasteiger partial charge in [-0.05, 0) is 24.0 Å². The Balaban J connectivity index is 2.52. The van der Waals surface area contributed by atoms with Gasteiger partial charge in [-0.3, -0.25) is 0 Å². The lowest BCUT2D eigenvalue weighted by atomic mass is 9.97. The largest absolute Gasteiger partial charge is 0.236 e. The van der Waals surface area contributed by atoms with E-state index in [4.69, 9.17) is 11.6 Å². The molecule has 0 unspecified atom stereocenters. The van der Waals surface area contributed by atoms with Gasteiger partial charge >= 0.3 is 0 Å². The molecule has 0 saturated heterocycles. The Hall–Kier alpha value is -1.41. The van der Waals surface area contributed by atoms with Crippen molar-refractivity contribution in [3.63, 3.8) is 0 Å². The Labute approximate surface area is 119 Å². The SMILES string of the molecule is CCCc1cccc(-c2ncnc(Cl)c2C(C)C)c1. The number of nitrogens with zero attached hydrogens (tertiary/aromatic N) is 2. The van der Waals surface area contributed by atoms with Gasteiger partial charge in [-0.2, -0.15) is 0 Å². The van der Waals surface area contributed by atoms with Crippen LogP contribution >= 0.6 is 11.6 Å². The maximum absolute atomic E-state index is 6.22. The highest BCUT2D eigenvalue weighted by Gasteiger charge is 2.15. The van der Waals surface area contributed by atoms with Crippen LogP contribution in [0.3, 0.4) is 0 Å². The second-order valence-corrected chi connectivity index (χ2v) is 5.39. The van der Waals surface area contributed by atoms with Gasteiger partial charge in [0.2, 0.25) is 0 Å². The molecular weight excluding hydrogens is 256 g/mol. The predicted molar refractivity (Wildman–Crippen MR) is 80.6 cm³/mol. The minimum Gasteiger partial charge on any atom is -0.236 e. The Kier molecular flexibility index (Phi) is 4.54. The molecule has 0 radical (unpaired) electrons. The van der Waals surface area contributed by atoms with E-state index in [0.29, 0.717) is 11.1 Å². The minimum atomic E-state index is 0.304. The van der Waals surface area contributed by atoms with Crippen molar-refractivity contribution in [2.45, 2.75) is 39.5 Å². The van der Waals surface area contributed by atoms with E-state index >= 15 is 0 Å². The van der Waals surface area contributed by atoms with Crippen LogP contribution in [0.4, 0.5) is 0 Å². The van der Waals surface area contributed by atoms with Crippen LogP contribution in [0.15, 0.2) is 30.6 Å². The van der Waals surface area contributed by atoms with E-state index < -0.39 is 0 Å². The van der Waals surface area contributed by atoms with Crippen LogP contribution in [-0.2, 0) is 6.42 Å². The van der Waals surface area contributed by atoms with Crippen LogP contribution in [0.2, 0.25) is 5.15 Å². The first-order valence-electron chi connectivity index (χ1n) is 6.73. The Morgan fingerprint density at radius 1 is 1.21 bits per heavy atom. The Morgan fingerprint density at radius 2 is 2.00 bits per heavy atom. The zero-order chi connectivity index (χ0) is 13.8. The molecule has 1 aromatic heterocycles. The first kappa shape index (κ1) is 14.0. The van der Waals surface area contributed by atoms with Crippen molar-refractivity contribution in [1.29, 1.82) is 0 Å². The summed E-state index contributed by atoms with van der Waals surface area (Å²) >= 11 is 6.22. The summed E-state index contributed by atoms with van der Waals surface area (Å²) in [4.78, 5) is 8.54. The number of rotatable bonds is 4. The first-order valence-corrected chi connectivity index (χ1v) is 7.11. The van der Waals surface area contributed by atoms with Gasteiger partial charge in [0.05, 0.1) is 5.69 Å². The second-order valence-electron chi connectivity index (χ2n) is 5.03. The summed E-state index contributed by atoms with van der Waals surface area (Å²) in [5, 5.41) is 0.556. The molecule has 3 heteroatoms. The van der Waals surface area contributed by atoms with Crippen LogP contribution in [0.1, 0.15) is 44.2 Å². The normalized spacial score (nSPS) is 11.0. The van der Waals surface area contributed by atoms with Crippen LogP contribution in [0, 0.1) is 0 Å². The first-order chi connectivity index (χ1) is 9.13. The Morgan fingerprint density at radius 3 is 2.68 bits per heavy atom. The highest BCUT2D eigenvalue weighted by Crippen LogP contribution is 2.31. The monoisotopic (exact) mass is 274 g/mol. The summed E-state index contributed by atoms with van der Waals surface area (Å²) in [6.07, 6.45) is 3.77. The third kappa shape index (κ3) is 3.13. The second kappa shape index (κ2) is 6.16. The maximum Gasteiger partial charge on any atom is 0.136 e. The van der Waals surface area contributed by atoms with E-state index in [1.54, 1.807) is 0 Å². The molecule has 19 heavy (non-hydrogen) atoms. The van der Waals surface area contributed by atoms with Gasteiger partial charge in [0.1, 0.15) is 11.5 Å². The van der Waals surface area contributed by atoms with E-state index in [9.17, 15) is 0 Å². The van der Waals surface area contributed by atoms with Crippen molar-refractivity contribution < 1.29 is 0 Å². The van der Waals surface area contributed by atoms with Crippen molar-refractivity contribution >= 4 is 11.6 Å². The van der Waals surface area contributed by atoms with E-state index in [1.807, 2.05) is 0 Å². The highest BCUT2D eigenvalue weighted by atomic mass is 35.5. The summed E-state index contributed by atoms with van der Waals surface area (Å²) < 4.78 is 0. The Bertz CT molecular complexity index is 564. The third-order valence-electron chi connectivity index (χ3n) is 3.15. The summed E-state index contributed by atoms with van der Waals surface area (Å²) in [7, 11) is 0. The van der Waals surface area contributed by atoms with Crippen molar-refractivity contribution in [1.82, 2.24) is 9.97 Å². The lowest BCUT2D eigenvalue weighted by Gasteiger charge is -2.13. The average molecular weight is 275 g/mol. The van der Waals surface area contributed by atoms with E-state index in [1.165, 1.54) is 11.9 Å². The fourth-order valence-electron chi connectivity index (χ4n) is 2.28. The molecule has 0 fully saturated rings. The van der Waals surface area contributed by atoms with Crippen molar-refractivity contribution in [2.75, 3.05) is 0 Å². The molecule has 0 spiro atoms. The molecule has 0 aliphatic carbocycles. The molecule has 2 nitrogen and oxygen atoms in total. The van der Waals surface area contributed by atoms with Crippen LogP contribution in [0.5, 0.6) is 0 Å². The number of halogens is 1. The fraction of sp³-hybridized carbons (Fsp3) is 0.375. The molecule has 0 aliphatic heterocycles. The molecule has 0 saturated carbocycles. The molecule has 1 heterocycles. The maximum atomic E-state index is 6.22. The van der Waals surface area contributed by atoms with Gasteiger partial charge < -0.3 is 0 Å². The third-order valence-corrected chi connectivity index (χ3v) is 3.45. The van der Waals surface area contributed by atoms with E-state index in [2.05, 4.69) is 55.0 Å². The zero-order valence-corrected chi connectivity index (χ0v) is 12.4. The van der Waals surface area contributed by atoms with Gasteiger partial charge in [0, 0.05) is 11.1 Å². The van der Waals surface area contributed by atoms with Gasteiger partial charge in [-0.25, -0.2) is 9.97 Å². The average Bonchev–Trinajstić information content (AvgIpc) is 2.38. The van der Waals surface area contributed by atoms with E-state index in [0.717, 1.165) is 29.7 Å². The number of hydrogen-bond acceptors (Lipinski definition) is 2. The summed E-state index contributed by atoms with van der Waals surface area (Å²) in [6, 6.07) is 8.53. The lowest BCUT2D eigenvalue weighted by Crippen LogP contribution is -1.99. The topological polar surface area (TPSA) is 25.8 Å². The quantitative estimate of drug-likeness (QED) is 0.743. The summed E-state index contributed by atoms with van der Waals surface area (Å²) in [5.41, 5.74) is 4.44. The molecule has 2 rings (SSSR count). The van der Waals surface area contributed by atoms with Gasteiger partial charge in [-0.1, -0.05) is 57.0 Å². The van der Waals surface area contributed by atoms with Crippen LogP contribution in [-0.4, -0.2) is 9.97 Å². The number of aromatic nitrogens is 2. The summed E-state index contributed by atoms with van der Waals surface area (Å²) in [5.74, 6) is 0.304. The number of hydrogen-bond donors (Lipinski definition) is 0. The standard InChI is InChI=1S/C16H19ClN2/c1-4-6-12-7-5-8-13(9-12)15-14(11(2)3)16(17)19-10-18-15/h5,7-11H,4,6H2,1-3H3. The number of benzene rings is 1. The zero-order valence-electron chi connectivity index (χ0n) is 11.7. The molecule has 2 aromatic rings. The fourth-order valence-corrected chi connectivity index (χ4v) is 2.63. The van der Waals surface area contributed by atoms with Crippen molar-refractivity contribution in [3.05, 3.63) is 46.9 Å². The molecule has 0 atom stereocenters. The van der Waals surface area contributed by atoms with Crippen LogP contribution in [0.25, 0.3) is 11.3 Å². The van der Waals surface area contributed by atoms with Gasteiger partial charge in [0.25, 0.3) is 0 Å². The summed E-state index contributed by atoms with van der Waals surface area (Å²) in [6.45, 7) is 6.42. The van der Waals surface area contributed by atoms with Crippen molar-refractivity contribution in [2.24, 2.45) is 0 Å². The molecular formula is C16H19ClN2. The number of aryl methyl sites for hydroxylation is 1. The minimum absolute atomic E-state index is 0.304. The van der Waals surface area contributed by atoms with Gasteiger partial charge in [0.15, 0.2) is 0 Å². The molecule has 0 amide bonds.